The summed E-state index contributed by atoms with van der Waals surface area (Å²) in [7, 11) is 0. The van der Waals surface area contributed by atoms with Crippen LogP contribution in [0.5, 0.6) is 0 Å². The molecule has 0 radical (unpaired) electrons. The third-order valence-electron chi connectivity index (χ3n) is 16.9. The average molecular weight is 1050 g/mol. The Kier molecular flexibility index (Phi) is 13.1. The molecule has 0 aromatic heterocycles. The van der Waals surface area contributed by atoms with Crippen molar-refractivity contribution in [3.63, 3.8) is 0 Å². The Morgan fingerprint density at radius 1 is 0.591 bits per heavy atom. The summed E-state index contributed by atoms with van der Waals surface area (Å²) < 4.78 is 176. The molecule has 66 heavy (non-hydrogen) atoms. The van der Waals surface area contributed by atoms with Crippen LogP contribution in [0, 0.1) is 27.6 Å². The number of rotatable bonds is 4. The van der Waals surface area contributed by atoms with Crippen molar-refractivity contribution in [2.24, 2.45) is 27.6 Å². The predicted molar refractivity (Wildman–Crippen MR) is 222 cm³/mol. The largest absolute Gasteiger partial charge is 1.00 e. The van der Waals surface area contributed by atoms with E-state index in [0.29, 0.717) is 37.1 Å². The maximum absolute atomic E-state index is 14.9. The molecule has 0 bridgehead atoms. The number of hydrogen-bond donors (Lipinski definition) is 0. The maximum Gasteiger partial charge on any atom is -1.00 e. The number of hydrogen-bond acceptors (Lipinski definition) is 0. The van der Waals surface area contributed by atoms with Crippen molar-refractivity contribution in [1.29, 1.82) is 0 Å². The van der Waals surface area contributed by atoms with Crippen molar-refractivity contribution in [1.82, 2.24) is 0 Å². The standard InChI is InChI=1S/C29H37.C17H6F12.C5H5.2ClH.Zr/c1-18-25-22-17-19-13-9-10-14-20(19)24(22)21-15-11-12-16-23(21)29(25,8)28(6,7)27(4,5)26(18,2)3;18-14(19,20)10-2-8(3-11(6-10)15(21,22)23)1-9-4-12(16(24,25)26)7-13(5-9)17(27,28)29;1-2-4-5-3-1;;;/h9-11,13-15,23H,12,16-17H2,1-8H3;2-7H;1-5H;2*1H;/q;;;;;+2/p-2. The van der Waals surface area contributed by atoms with Gasteiger partial charge in [-0.15, -0.1) is 0 Å². The molecular weight excluding hydrogens is 1000 g/mol. The first-order chi connectivity index (χ1) is 29.3. The Labute approximate surface area is 397 Å². The molecule has 5 aliphatic carbocycles. The van der Waals surface area contributed by atoms with Gasteiger partial charge in [-0.3, -0.25) is 0 Å². The summed E-state index contributed by atoms with van der Waals surface area (Å²) in [4.78, 5) is 0. The number of halogens is 14. The first-order valence-electron chi connectivity index (χ1n) is 21.2. The van der Waals surface area contributed by atoms with Gasteiger partial charge in [0, 0.05) is 0 Å². The fraction of sp³-hybridized carbons (Fsp3) is 0.431. The van der Waals surface area contributed by atoms with Crippen LogP contribution in [-0.2, 0) is 52.4 Å². The zero-order chi connectivity index (χ0) is 47.2. The average Bonchev–Trinajstić information content (AvgIpc) is 3.86. The Morgan fingerprint density at radius 2 is 1.05 bits per heavy atom. The fourth-order valence-electron chi connectivity index (χ4n) is 12.5. The number of alkyl halides is 12. The maximum atomic E-state index is 14.9. The summed E-state index contributed by atoms with van der Waals surface area (Å²) in [5, 5.41) is 0. The normalized spacial score (nSPS) is 25.0. The van der Waals surface area contributed by atoms with Crippen LogP contribution >= 0.6 is 0 Å². The Balaban J connectivity index is 0.00000360. The quantitative estimate of drug-likeness (QED) is 0.229. The van der Waals surface area contributed by atoms with Crippen LogP contribution in [-0.4, -0.2) is 3.21 Å². The van der Waals surface area contributed by atoms with Gasteiger partial charge in [-0.1, -0.05) is 0 Å². The SMILES string of the molecule is CC12C(=C3Cc4ccccc4C3=C3C=CCCC31)[C](C)([Zr+2](=[C](c1cc(C(F)(F)F)cc(C(F)(F)F)c1)c1cc(C(F)(F)F)cc(C(F)(F)F)c1)[CH]1C=CC=C1)C(C)(C)C(C)(C)C2(C)C.[Cl-].[Cl-]. The molecule has 3 atom stereocenters. The zero-order valence-electron chi connectivity index (χ0n) is 37.3. The summed E-state index contributed by atoms with van der Waals surface area (Å²) in [5.74, 6) is -0.138. The van der Waals surface area contributed by atoms with Crippen LogP contribution in [0.4, 0.5) is 52.7 Å². The van der Waals surface area contributed by atoms with Crippen molar-refractivity contribution in [2.75, 3.05) is 0 Å². The molecule has 0 heterocycles. The molecule has 0 N–H and O–H groups in total. The van der Waals surface area contributed by atoms with Crippen molar-refractivity contribution in [3.8, 4) is 0 Å². The smallest absolute Gasteiger partial charge is 1.00 e. The van der Waals surface area contributed by atoms with E-state index in [2.05, 4.69) is 46.8 Å². The van der Waals surface area contributed by atoms with E-state index in [9.17, 15) is 52.7 Å². The Hall–Kier alpha value is -3.15. The van der Waals surface area contributed by atoms with Gasteiger partial charge >= 0.3 is 375 Å². The molecular formula is C51H48Cl2F12Zr. The second-order valence-corrected chi connectivity index (χ2v) is 27.3. The second kappa shape index (κ2) is 16.5. The molecule has 8 rings (SSSR count). The molecule has 0 saturated heterocycles. The molecule has 0 nitrogen and oxygen atoms in total. The van der Waals surface area contributed by atoms with Gasteiger partial charge in [-0.05, 0) is 0 Å². The van der Waals surface area contributed by atoms with E-state index in [1.54, 1.807) is 24.3 Å². The van der Waals surface area contributed by atoms with Crippen molar-refractivity contribution in [2.45, 2.75) is 106 Å². The van der Waals surface area contributed by atoms with Crippen LogP contribution in [0.15, 0.2) is 114 Å². The van der Waals surface area contributed by atoms with Crippen LogP contribution < -0.4 is 24.8 Å². The number of fused-ring (bicyclic) bond motifs is 6. The first kappa shape index (κ1) is 52.2. The minimum Gasteiger partial charge on any atom is -1.00 e. The Morgan fingerprint density at radius 3 is 1.50 bits per heavy atom. The van der Waals surface area contributed by atoms with Crippen LogP contribution in [0.1, 0.15) is 113 Å². The summed E-state index contributed by atoms with van der Waals surface area (Å²) in [6.45, 7) is 16.9. The third-order valence-corrected chi connectivity index (χ3v) is 27.0. The molecule has 15 heteroatoms. The molecule has 3 unspecified atom stereocenters. The van der Waals surface area contributed by atoms with Crippen molar-refractivity contribution < 1.29 is 98.8 Å². The summed E-state index contributed by atoms with van der Waals surface area (Å²) in [5.41, 5.74) is -5.24. The molecule has 3 aromatic carbocycles. The van der Waals surface area contributed by atoms with Crippen LogP contribution in [0.25, 0.3) is 5.57 Å². The monoisotopic (exact) mass is 1050 g/mol. The minimum absolute atomic E-state index is 0. The van der Waals surface area contributed by atoms with Gasteiger partial charge in [0.15, 0.2) is 0 Å². The van der Waals surface area contributed by atoms with E-state index in [4.69, 9.17) is 0 Å². The van der Waals surface area contributed by atoms with Gasteiger partial charge < -0.3 is 24.8 Å². The van der Waals surface area contributed by atoms with Gasteiger partial charge in [0.2, 0.25) is 0 Å². The van der Waals surface area contributed by atoms with Crippen molar-refractivity contribution in [3.05, 3.63) is 158 Å². The third kappa shape index (κ3) is 7.56. The molecule has 1 fully saturated rings. The van der Waals surface area contributed by atoms with Crippen molar-refractivity contribution >= 4 is 8.78 Å². The van der Waals surface area contributed by atoms with Gasteiger partial charge in [0.1, 0.15) is 0 Å². The second-order valence-electron chi connectivity index (χ2n) is 19.9. The van der Waals surface area contributed by atoms with Gasteiger partial charge in [0.05, 0.1) is 0 Å². The number of allylic oxidation sites excluding steroid dienone is 10. The molecule has 1 saturated carbocycles. The molecule has 5 aliphatic rings. The van der Waals surface area contributed by atoms with Crippen LogP contribution in [0.2, 0.25) is 6.75 Å². The van der Waals surface area contributed by atoms with E-state index in [1.165, 1.54) is 0 Å². The van der Waals surface area contributed by atoms with Crippen LogP contribution in [0.3, 0.4) is 0 Å². The molecule has 0 amide bonds. The fourth-order valence-corrected chi connectivity index (χ4v) is 24.0. The predicted octanol–water partition coefficient (Wildman–Crippen LogP) is 10.4. The zero-order valence-corrected chi connectivity index (χ0v) is 41.3. The van der Waals surface area contributed by atoms with E-state index < -0.39 is 108 Å². The Bertz CT molecular complexity index is 2510. The molecule has 354 valence electrons. The molecule has 3 aromatic rings. The first-order valence-corrected chi connectivity index (χ1v) is 25.1. The number of benzene rings is 3. The summed E-state index contributed by atoms with van der Waals surface area (Å²) in [6.07, 6.45) is -8.35. The van der Waals surface area contributed by atoms with E-state index in [-0.39, 0.29) is 46.1 Å². The van der Waals surface area contributed by atoms with E-state index in [1.807, 2.05) is 45.0 Å². The van der Waals surface area contributed by atoms with E-state index in [0.717, 1.165) is 39.8 Å². The summed E-state index contributed by atoms with van der Waals surface area (Å²) >= 11 is -4.78. The minimum atomic E-state index is -5.37. The topological polar surface area (TPSA) is 0 Å². The van der Waals surface area contributed by atoms with Gasteiger partial charge in [-0.25, -0.2) is 0 Å². The summed E-state index contributed by atoms with van der Waals surface area (Å²) in [6, 6.07) is 9.79. The van der Waals surface area contributed by atoms with Gasteiger partial charge in [-0.2, -0.15) is 0 Å². The van der Waals surface area contributed by atoms with E-state index >= 15 is 0 Å². The molecule has 0 spiro atoms. The van der Waals surface area contributed by atoms with Gasteiger partial charge in [0.25, 0.3) is 0 Å². The molecule has 0 aliphatic heterocycles.